The molecule has 29 heavy (non-hydrogen) atoms. The van der Waals surface area contributed by atoms with Gasteiger partial charge in [-0.1, -0.05) is 0 Å². The van der Waals surface area contributed by atoms with E-state index in [0.717, 1.165) is 47.5 Å². The lowest BCUT2D eigenvalue weighted by Gasteiger charge is -2.56. The van der Waals surface area contributed by atoms with Crippen molar-refractivity contribution < 1.29 is 14.5 Å². The van der Waals surface area contributed by atoms with E-state index in [1.807, 2.05) is 11.4 Å². The van der Waals surface area contributed by atoms with E-state index in [1.54, 1.807) is 12.1 Å². The molecule has 6 rings (SSSR count). The van der Waals surface area contributed by atoms with E-state index in [1.165, 1.54) is 42.7 Å². The highest BCUT2D eigenvalue weighted by molar-refractivity contribution is 7.12. The Morgan fingerprint density at radius 1 is 1.14 bits per heavy atom. The second kappa shape index (κ2) is 7.13. The summed E-state index contributed by atoms with van der Waals surface area (Å²) in [6, 6.07) is 7.92. The highest BCUT2D eigenvalue weighted by Gasteiger charge is 2.51. The highest BCUT2D eigenvalue weighted by atomic mass is 32.1. The van der Waals surface area contributed by atoms with E-state index in [0.29, 0.717) is 12.4 Å². The molecule has 4 aliphatic rings. The maximum absolute atomic E-state index is 12.9. The summed E-state index contributed by atoms with van der Waals surface area (Å²) in [4.78, 5) is 23.9. The van der Waals surface area contributed by atoms with E-state index in [-0.39, 0.29) is 17.1 Å². The summed E-state index contributed by atoms with van der Waals surface area (Å²) in [7, 11) is 0. The Bertz CT molecular complexity index is 901. The maximum atomic E-state index is 12.9. The summed E-state index contributed by atoms with van der Waals surface area (Å²) in [5.74, 6) is 3.02. The number of non-ortho nitro benzene ring substituents is 1. The third kappa shape index (κ3) is 3.75. The lowest BCUT2D eigenvalue weighted by molar-refractivity contribution is -0.384. The average molecular weight is 413 g/mol. The van der Waals surface area contributed by atoms with Crippen molar-refractivity contribution in [2.24, 2.45) is 17.8 Å². The van der Waals surface area contributed by atoms with Crippen LogP contribution in [0.4, 0.5) is 5.69 Å². The van der Waals surface area contributed by atoms with Gasteiger partial charge in [0.05, 0.1) is 9.80 Å². The molecule has 1 heterocycles. The molecule has 152 valence electrons. The van der Waals surface area contributed by atoms with E-state index >= 15 is 0 Å². The summed E-state index contributed by atoms with van der Waals surface area (Å²) in [5, 5.41) is 16.1. The molecule has 4 aliphatic carbocycles. The number of amides is 1. The Morgan fingerprint density at radius 2 is 1.76 bits per heavy atom. The first kappa shape index (κ1) is 18.6. The molecule has 4 bridgehead atoms. The minimum atomic E-state index is -0.433. The van der Waals surface area contributed by atoms with Gasteiger partial charge in [0.1, 0.15) is 12.4 Å². The van der Waals surface area contributed by atoms with E-state index < -0.39 is 4.92 Å². The molecular weight excluding hydrogens is 388 g/mol. The van der Waals surface area contributed by atoms with Crippen LogP contribution < -0.4 is 10.1 Å². The molecule has 0 radical (unpaired) electrons. The highest BCUT2D eigenvalue weighted by Crippen LogP contribution is 2.55. The Kier molecular flexibility index (Phi) is 4.57. The quantitative estimate of drug-likeness (QED) is 0.538. The summed E-state index contributed by atoms with van der Waals surface area (Å²) in [6.45, 7) is 0.332. The summed E-state index contributed by atoms with van der Waals surface area (Å²) in [5.41, 5.74) is 0.992. The molecular formula is C22H24N2O4S. The van der Waals surface area contributed by atoms with Gasteiger partial charge in [-0.05, 0) is 79.9 Å². The molecule has 2 aromatic rings. The second-order valence-electron chi connectivity index (χ2n) is 9.01. The second-order valence-corrected chi connectivity index (χ2v) is 9.92. The standard InChI is InChI=1S/C22H24N2O4S/c25-21(23-22-9-14-5-15(10-22)7-16(6-14)11-22)20-8-17(13-29-20)12-28-19-3-1-18(2-4-19)24(26)27/h1-4,8,13-16H,5-7,9-12H2,(H,23,25). The van der Waals surface area contributed by atoms with E-state index in [4.69, 9.17) is 4.74 Å². The van der Waals surface area contributed by atoms with Crippen LogP contribution in [0.3, 0.4) is 0 Å². The van der Waals surface area contributed by atoms with Gasteiger partial charge in [0.2, 0.25) is 0 Å². The molecule has 6 nitrogen and oxygen atoms in total. The van der Waals surface area contributed by atoms with Crippen LogP contribution in [0.15, 0.2) is 35.7 Å². The van der Waals surface area contributed by atoms with Gasteiger partial charge in [0.25, 0.3) is 11.6 Å². The maximum Gasteiger partial charge on any atom is 0.269 e. The minimum absolute atomic E-state index is 0.0191. The van der Waals surface area contributed by atoms with Crippen LogP contribution in [0.5, 0.6) is 5.75 Å². The number of carbonyl (C=O) groups excluding carboxylic acids is 1. The van der Waals surface area contributed by atoms with Crippen molar-refractivity contribution in [3.63, 3.8) is 0 Å². The molecule has 1 aromatic carbocycles. The molecule has 0 saturated heterocycles. The fourth-order valence-corrected chi connectivity index (χ4v) is 6.76. The molecule has 0 atom stereocenters. The van der Waals surface area contributed by atoms with Crippen molar-refractivity contribution in [3.8, 4) is 5.75 Å². The zero-order chi connectivity index (χ0) is 20.0. The zero-order valence-corrected chi connectivity index (χ0v) is 17.0. The van der Waals surface area contributed by atoms with Crippen molar-refractivity contribution in [2.75, 3.05) is 0 Å². The van der Waals surface area contributed by atoms with Gasteiger partial charge in [-0.3, -0.25) is 14.9 Å². The fourth-order valence-electron chi connectivity index (χ4n) is 5.97. The van der Waals surface area contributed by atoms with Crippen LogP contribution >= 0.6 is 11.3 Å². The lowest BCUT2D eigenvalue weighted by atomic mass is 9.53. The third-order valence-electron chi connectivity index (χ3n) is 6.75. The Morgan fingerprint density at radius 3 is 2.34 bits per heavy atom. The summed E-state index contributed by atoms with van der Waals surface area (Å²) in [6.07, 6.45) is 7.51. The van der Waals surface area contributed by atoms with Crippen LogP contribution in [-0.2, 0) is 6.61 Å². The van der Waals surface area contributed by atoms with E-state index in [2.05, 4.69) is 5.32 Å². The van der Waals surface area contributed by atoms with Crippen molar-refractivity contribution >= 4 is 22.9 Å². The molecule has 7 heteroatoms. The molecule has 1 aromatic heterocycles. The number of hydrogen-bond donors (Lipinski definition) is 1. The smallest absolute Gasteiger partial charge is 0.269 e. The summed E-state index contributed by atoms with van der Waals surface area (Å²) < 4.78 is 5.71. The number of benzene rings is 1. The number of nitro benzene ring substituents is 1. The van der Waals surface area contributed by atoms with Crippen LogP contribution in [-0.4, -0.2) is 16.4 Å². The Hall–Kier alpha value is -2.41. The number of nitrogens with zero attached hydrogens (tertiary/aromatic N) is 1. The molecule has 1 N–H and O–H groups in total. The first-order valence-electron chi connectivity index (χ1n) is 10.3. The van der Waals surface area contributed by atoms with Crippen molar-refractivity contribution in [1.29, 1.82) is 0 Å². The Balaban J connectivity index is 1.20. The van der Waals surface area contributed by atoms with Gasteiger partial charge < -0.3 is 10.1 Å². The SMILES string of the molecule is O=C(NC12CC3CC(CC(C3)C1)C2)c1cc(COc2ccc([N+](=O)[O-])cc2)cs1. The molecule has 0 unspecified atom stereocenters. The lowest BCUT2D eigenvalue weighted by Crippen LogP contribution is -2.59. The van der Waals surface area contributed by atoms with Gasteiger partial charge in [0, 0.05) is 23.2 Å². The normalized spacial score (nSPS) is 29.6. The van der Waals surface area contributed by atoms with Gasteiger partial charge in [0.15, 0.2) is 0 Å². The fraction of sp³-hybridized carbons (Fsp3) is 0.500. The first-order valence-corrected chi connectivity index (χ1v) is 11.1. The number of nitrogens with one attached hydrogen (secondary N) is 1. The zero-order valence-electron chi connectivity index (χ0n) is 16.1. The number of ether oxygens (including phenoxy) is 1. The van der Waals surface area contributed by atoms with Crippen molar-refractivity contribution in [1.82, 2.24) is 5.32 Å². The van der Waals surface area contributed by atoms with Crippen LogP contribution in [0.2, 0.25) is 0 Å². The predicted octanol–water partition coefficient (Wildman–Crippen LogP) is 4.93. The molecule has 0 spiro atoms. The first-order chi connectivity index (χ1) is 14.0. The third-order valence-corrected chi connectivity index (χ3v) is 7.73. The van der Waals surface area contributed by atoms with Crippen LogP contribution in [0.1, 0.15) is 53.8 Å². The van der Waals surface area contributed by atoms with Crippen molar-refractivity contribution in [2.45, 2.75) is 50.7 Å². The van der Waals surface area contributed by atoms with Gasteiger partial charge >= 0.3 is 0 Å². The molecule has 0 aliphatic heterocycles. The van der Waals surface area contributed by atoms with Gasteiger partial charge in [-0.15, -0.1) is 11.3 Å². The van der Waals surface area contributed by atoms with Crippen LogP contribution in [0, 0.1) is 27.9 Å². The average Bonchev–Trinajstić information content (AvgIpc) is 3.14. The number of nitro groups is 1. The predicted molar refractivity (Wildman–Crippen MR) is 110 cm³/mol. The minimum Gasteiger partial charge on any atom is -0.489 e. The van der Waals surface area contributed by atoms with Crippen LogP contribution in [0.25, 0.3) is 0 Å². The van der Waals surface area contributed by atoms with Gasteiger partial charge in [-0.2, -0.15) is 0 Å². The number of rotatable bonds is 6. The number of hydrogen-bond acceptors (Lipinski definition) is 5. The monoisotopic (exact) mass is 412 g/mol. The number of thiophene rings is 1. The largest absolute Gasteiger partial charge is 0.489 e. The molecule has 1 amide bonds. The van der Waals surface area contributed by atoms with Gasteiger partial charge in [-0.25, -0.2) is 0 Å². The van der Waals surface area contributed by atoms with E-state index in [9.17, 15) is 14.9 Å². The molecule has 4 saturated carbocycles. The summed E-state index contributed by atoms with van der Waals surface area (Å²) >= 11 is 1.45. The molecule has 4 fully saturated rings. The number of carbonyl (C=O) groups is 1. The Labute approximate surface area is 173 Å². The topological polar surface area (TPSA) is 81.5 Å². The van der Waals surface area contributed by atoms with Crippen molar-refractivity contribution in [3.05, 3.63) is 56.3 Å².